The average molecular weight is 286 g/mol. The van der Waals surface area contributed by atoms with Crippen molar-refractivity contribution < 1.29 is 5.11 Å². The zero-order valence-electron chi connectivity index (χ0n) is 13.2. The largest absolute Gasteiger partial charge is 0.507 e. The van der Waals surface area contributed by atoms with E-state index in [-0.39, 0.29) is 0 Å². The zero-order valence-corrected chi connectivity index (χ0v) is 13.2. The number of aryl methyl sites for hydroxylation is 1. The third-order valence-electron chi connectivity index (χ3n) is 4.01. The summed E-state index contributed by atoms with van der Waals surface area (Å²) in [4.78, 5) is 5.79. The summed E-state index contributed by atoms with van der Waals surface area (Å²) in [5.74, 6) is 0.371. The standard InChI is InChI=1S/C18H26N2O/c1-4-6-12-20(11-5-2)13-10-15-14(3)19-16-8-7-9-17(21)18(15)16/h5,7-9,19,21H,2,4,6,10-13H2,1,3H3. The molecular weight excluding hydrogens is 260 g/mol. The van der Waals surface area contributed by atoms with Crippen LogP contribution in [0.2, 0.25) is 0 Å². The molecule has 0 aliphatic carbocycles. The number of hydrogen-bond acceptors (Lipinski definition) is 2. The molecule has 1 heterocycles. The lowest BCUT2D eigenvalue weighted by Crippen LogP contribution is -2.27. The van der Waals surface area contributed by atoms with E-state index in [1.165, 1.54) is 18.4 Å². The molecule has 1 aromatic carbocycles. The molecule has 0 atom stereocenters. The average Bonchev–Trinajstić information content (AvgIpc) is 2.79. The predicted octanol–water partition coefficient (Wildman–Crippen LogP) is 4.01. The molecule has 0 radical (unpaired) electrons. The summed E-state index contributed by atoms with van der Waals surface area (Å²) in [7, 11) is 0. The maximum Gasteiger partial charge on any atom is 0.125 e. The van der Waals surface area contributed by atoms with Crippen molar-refractivity contribution in [1.29, 1.82) is 0 Å². The molecule has 3 heteroatoms. The number of H-pyrrole nitrogens is 1. The molecular formula is C18H26N2O. The smallest absolute Gasteiger partial charge is 0.125 e. The van der Waals surface area contributed by atoms with Crippen molar-refractivity contribution in [1.82, 2.24) is 9.88 Å². The summed E-state index contributed by atoms with van der Waals surface area (Å²) in [6.45, 7) is 11.2. The van der Waals surface area contributed by atoms with Crippen LogP contribution >= 0.6 is 0 Å². The Bertz CT molecular complexity index is 601. The van der Waals surface area contributed by atoms with Gasteiger partial charge in [-0.3, -0.25) is 4.90 Å². The van der Waals surface area contributed by atoms with Gasteiger partial charge in [0.2, 0.25) is 0 Å². The molecule has 0 saturated heterocycles. The van der Waals surface area contributed by atoms with E-state index in [2.05, 4.69) is 30.3 Å². The van der Waals surface area contributed by atoms with Gasteiger partial charge in [-0.1, -0.05) is 25.5 Å². The number of phenolic OH excluding ortho intramolecular Hbond substituents is 1. The fourth-order valence-electron chi connectivity index (χ4n) is 2.87. The monoisotopic (exact) mass is 286 g/mol. The third-order valence-corrected chi connectivity index (χ3v) is 4.01. The summed E-state index contributed by atoms with van der Waals surface area (Å²) in [5.41, 5.74) is 3.40. The molecule has 21 heavy (non-hydrogen) atoms. The highest BCUT2D eigenvalue weighted by atomic mass is 16.3. The minimum atomic E-state index is 0.371. The minimum Gasteiger partial charge on any atom is -0.507 e. The number of phenols is 1. The first-order chi connectivity index (χ1) is 10.2. The van der Waals surface area contributed by atoms with Gasteiger partial charge in [0.05, 0.1) is 0 Å². The Hall–Kier alpha value is -1.74. The highest BCUT2D eigenvalue weighted by molar-refractivity contribution is 5.90. The lowest BCUT2D eigenvalue weighted by Gasteiger charge is -2.20. The fraction of sp³-hybridized carbons (Fsp3) is 0.444. The summed E-state index contributed by atoms with van der Waals surface area (Å²) >= 11 is 0. The SMILES string of the molecule is C=CCN(CCCC)CCc1c(C)[nH]c2cccc(O)c12. The van der Waals surface area contributed by atoms with Crippen LogP contribution in [-0.4, -0.2) is 34.6 Å². The van der Waals surface area contributed by atoms with E-state index >= 15 is 0 Å². The van der Waals surface area contributed by atoms with Gasteiger partial charge in [-0.05, 0) is 44.0 Å². The molecule has 114 valence electrons. The Balaban J connectivity index is 2.15. The predicted molar refractivity (Wildman–Crippen MR) is 89.9 cm³/mol. The van der Waals surface area contributed by atoms with E-state index in [1.807, 2.05) is 18.2 Å². The number of aromatic hydroxyl groups is 1. The Morgan fingerprint density at radius 2 is 2.14 bits per heavy atom. The first-order valence-electron chi connectivity index (χ1n) is 7.79. The van der Waals surface area contributed by atoms with Crippen LogP contribution in [0.15, 0.2) is 30.9 Å². The van der Waals surface area contributed by atoms with E-state index in [1.54, 1.807) is 6.07 Å². The van der Waals surface area contributed by atoms with E-state index in [4.69, 9.17) is 0 Å². The molecule has 0 aliphatic rings. The Morgan fingerprint density at radius 3 is 2.86 bits per heavy atom. The number of hydrogen-bond donors (Lipinski definition) is 2. The van der Waals surface area contributed by atoms with Crippen molar-refractivity contribution >= 4 is 10.9 Å². The van der Waals surface area contributed by atoms with Crippen LogP contribution in [0, 0.1) is 6.92 Å². The molecule has 0 aliphatic heterocycles. The van der Waals surface area contributed by atoms with Crippen LogP contribution in [0.3, 0.4) is 0 Å². The van der Waals surface area contributed by atoms with Gasteiger partial charge in [0.15, 0.2) is 0 Å². The van der Waals surface area contributed by atoms with Crippen LogP contribution in [0.5, 0.6) is 5.75 Å². The Kier molecular flexibility index (Phi) is 5.45. The van der Waals surface area contributed by atoms with Crippen molar-refractivity contribution in [2.45, 2.75) is 33.1 Å². The number of unbranched alkanes of at least 4 members (excludes halogenated alkanes) is 1. The topological polar surface area (TPSA) is 39.3 Å². The molecule has 0 bridgehead atoms. The lowest BCUT2D eigenvalue weighted by atomic mass is 10.1. The van der Waals surface area contributed by atoms with Crippen LogP contribution in [-0.2, 0) is 6.42 Å². The van der Waals surface area contributed by atoms with Gasteiger partial charge < -0.3 is 10.1 Å². The number of aromatic nitrogens is 1. The molecule has 0 saturated carbocycles. The normalized spacial score (nSPS) is 11.4. The van der Waals surface area contributed by atoms with Crippen molar-refractivity contribution in [3.63, 3.8) is 0 Å². The molecule has 0 fully saturated rings. The van der Waals surface area contributed by atoms with Gasteiger partial charge in [0.1, 0.15) is 5.75 Å². The van der Waals surface area contributed by atoms with Crippen molar-refractivity contribution in [3.05, 3.63) is 42.1 Å². The zero-order chi connectivity index (χ0) is 15.2. The summed E-state index contributed by atoms with van der Waals surface area (Å²) in [6, 6.07) is 5.66. The Labute approximate surface area is 127 Å². The van der Waals surface area contributed by atoms with Crippen molar-refractivity contribution in [2.24, 2.45) is 0 Å². The lowest BCUT2D eigenvalue weighted by molar-refractivity contribution is 0.301. The Morgan fingerprint density at radius 1 is 1.33 bits per heavy atom. The van der Waals surface area contributed by atoms with Gasteiger partial charge in [-0.2, -0.15) is 0 Å². The van der Waals surface area contributed by atoms with Gasteiger partial charge >= 0.3 is 0 Å². The van der Waals surface area contributed by atoms with Crippen LogP contribution in [0.1, 0.15) is 31.0 Å². The van der Waals surface area contributed by atoms with E-state index < -0.39 is 0 Å². The number of nitrogens with one attached hydrogen (secondary N) is 1. The van der Waals surface area contributed by atoms with Crippen molar-refractivity contribution in [3.8, 4) is 5.75 Å². The molecule has 2 N–H and O–H groups in total. The number of fused-ring (bicyclic) bond motifs is 1. The maximum absolute atomic E-state index is 10.1. The summed E-state index contributed by atoms with van der Waals surface area (Å²) in [5, 5.41) is 11.1. The first kappa shape index (κ1) is 15.6. The van der Waals surface area contributed by atoms with Crippen LogP contribution < -0.4 is 0 Å². The molecule has 2 aromatic rings. The number of nitrogens with zero attached hydrogens (tertiary/aromatic N) is 1. The van der Waals surface area contributed by atoms with Gasteiger partial charge in [0.25, 0.3) is 0 Å². The first-order valence-corrected chi connectivity index (χ1v) is 7.79. The number of benzene rings is 1. The molecule has 0 amide bonds. The third kappa shape index (κ3) is 3.67. The summed E-state index contributed by atoms with van der Waals surface area (Å²) in [6.07, 6.45) is 5.34. The molecule has 0 unspecified atom stereocenters. The highest BCUT2D eigenvalue weighted by Crippen LogP contribution is 2.30. The maximum atomic E-state index is 10.1. The summed E-state index contributed by atoms with van der Waals surface area (Å²) < 4.78 is 0. The second kappa shape index (κ2) is 7.32. The molecule has 2 rings (SSSR count). The van der Waals surface area contributed by atoms with Crippen molar-refractivity contribution in [2.75, 3.05) is 19.6 Å². The van der Waals surface area contributed by atoms with E-state index in [0.29, 0.717) is 5.75 Å². The van der Waals surface area contributed by atoms with Gasteiger partial charge in [0, 0.05) is 29.7 Å². The molecule has 3 nitrogen and oxygen atoms in total. The molecule has 1 aromatic heterocycles. The van der Waals surface area contributed by atoms with E-state index in [9.17, 15) is 5.11 Å². The van der Waals surface area contributed by atoms with Crippen LogP contribution in [0.25, 0.3) is 10.9 Å². The number of rotatable bonds is 8. The van der Waals surface area contributed by atoms with Gasteiger partial charge in [-0.25, -0.2) is 0 Å². The number of aromatic amines is 1. The minimum absolute atomic E-state index is 0.371. The second-order valence-electron chi connectivity index (χ2n) is 5.62. The quantitative estimate of drug-likeness (QED) is 0.720. The van der Waals surface area contributed by atoms with Gasteiger partial charge in [-0.15, -0.1) is 6.58 Å². The highest BCUT2D eigenvalue weighted by Gasteiger charge is 2.13. The second-order valence-corrected chi connectivity index (χ2v) is 5.62. The van der Waals surface area contributed by atoms with E-state index in [0.717, 1.165) is 42.7 Å². The van der Waals surface area contributed by atoms with Crippen LogP contribution in [0.4, 0.5) is 0 Å². The molecule has 0 spiro atoms. The fourth-order valence-corrected chi connectivity index (χ4v) is 2.87.